The summed E-state index contributed by atoms with van der Waals surface area (Å²) >= 11 is 5.45. The molecule has 1 aromatic carbocycles. The smallest absolute Gasteiger partial charge is 0.335 e. The Labute approximate surface area is 132 Å². The summed E-state index contributed by atoms with van der Waals surface area (Å²) in [5, 5.41) is 8.97. The number of hydrogen-bond acceptors (Lipinski definition) is 3. The quantitative estimate of drug-likeness (QED) is 0.735. The van der Waals surface area contributed by atoms with Crippen molar-refractivity contribution >= 4 is 44.5 Å². The molecule has 6 heteroatoms. The van der Waals surface area contributed by atoms with Crippen molar-refractivity contribution in [3.63, 3.8) is 0 Å². The number of pyridine rings is 1. The van der Waals surface area contributed by atoms with Crippen LogP contribution in [0.5, 0.6) is 11.6 Å². The van der Waals surface area contributed by atoms with Crippen LogP contribution < -0.4 is 4.74 Å². The number of nitrogens with zero attached hydrogens (tertiary/aromatic N) is 1. The molecule has 2 rings (SSSR count). The van der Waals surface area contributed by atoms with Crippen LogP contribution in [0.15, 0.2) is 34.8 Å². The van der Waals surface area contributed by atoms with E-state index in [2.05, 4.69) is 43.5 Å². The molecule has 0 aliphatic carbocycles. The Bertz CT molecular complexity index is 646. The van der Waals surface area contributed by atoms with Crippen LogP contribution in [0.25, 0.3) is 0 Å². The minimum Gasteiger partial charge on any atom is -0.478 e. The highest BCUT2D eigenvalue weighted by Gasteiger charge is 2.10. The molecule has 1 heterocycles. The minimum atomic E-state index is -0.985. The van der Waals surface area contributed by atoms with E-state index in [1.165, 1.54) is 12.1 Å². The van der Waals surface area contributed by atoms with Crippen molar-refractivity contribution < 1.29 is 14.6 Å². The van der Waals surface area contributed by atoms with Crippen molar-refractivity contribution in [3.05, 3.63) is 49.6 Å². The van der Waals surface area contributed by atoms with Crippen LogP contribution in [0, 0.1) is 10.5 Å². The molecular formula is C13H9BrINO3. The van der Waals surface area contributed by atoms with E-state index in [0.29, 0.717) is 11.6 Å². The Hall–Kier alpha value is -1.15. The van der Waals surface area contributed by atoms with Gasteiger partial charge < -0.3 is 9.84 Å². The zero-order valence-corrected chi connectivity index (χ0v) is 13.6. The van der Waals surface area contributed by atoms with Crippen molar-refractivity contribution in [1.82, 2.24) is 4.98 Å². The summed E-state index contributed by atoms with van der Waals surface area (Å²) < 4.78 is 7.35. The molecule has 0 aliphatic heterocycles. The number of carbonyl (C=O) groups is 1. The molecule has 0 aliphatic rings. The first kappa shape index (κ1) is 14.3. The van der Waals surface area contributed by atoms with Gasteiger partial charge in [0.15, 0.2) is 0 Å². The third-order valence-corrected chi connectivity index (χ3v) is 4.12. The van der Waals surface area contributed by atoms with Crippen molar-refractivity contribution in [2.45, 2.75) is 6.92 Å². The standard InChI is InChI=1S/C13H9BrINO3/c1-7-9(14)3-5-12(16-7)19-11-6-8(13(17)18)2-4-10(11)15/h2-6H,1H3,(H,17,18). The molecule has 0 saturated carbocycles. The number of carboxylic acids is 1. The van der Waals surface area contributed by atoms with Gasteiger partial charge in [0.2, 0.25) is 5.88 Å². The molecule has 4 nitrogen and oxygen atoms in total. The number of ether oxygens (including phenoxy) is 1. The number of carboxylic acid groups (broad SMARTS) is 1. The third kappa shape index (κ3) is 3.44. The first-order chi connectivity index (χ1) is 8.97. The van der Waals surface area contributed by atoms with Gasteiger partial charge in [0.05, 0.1) is 14.8 Å². The molecule has 0 bridgehead atoms. The average molecular weight is 434 g/mol. The largest absolute Gasteiger partial charge is 0.478 e. The van der Waals surface area contributed by atoms with Gasteiger partial charge in [-0.15, -0.1) is 0 Å². The van der Waals surface area contributed by atoms with Crippen molar-refractivity contribution in [3.8, 4) is 11.6 Å². The van der Waals surface area contributed by atoms with Gasteiger partial charge in [-0.25, -0.2) is 9.78 Å². The predicted molar refractivity (Wildman–Crippen MR) is 82.9 cm³/mol. The first-order valence-electron chi connectivity index (χ1n) is 5.31. The molecule has 0 spiro atoms. The molecular weight excluding hydrogens is 425 g/mol. The molecule has 0 fully saturated rings. The van der Waals surface area contributed by atoms with Crippen LogP contribution >= 0.6 is 38.5 Å². The van der Waals surface area contributed by atoms with Gasteiger partial charge in [-0.2, -0.15) is 0 Å². The molecule has 0 saturated heterocycles. The van der Waals surface area contributed by atoms with Crippen LogP contribution in [-0.2, 0) is 0 Å². The second kappa shape index (κ2) is 5.87. The van der Waals surface area contributed by atoms with Crippen molar-refractivity contribution in [2.75, 3.05) is 0 Å². The second-order valence-corrected chi connectivity index (χ2v) is 5.79. The van der Waals surface area contributed by atoms with E-state index in [9.17, 15) is 4.79 Å². The zero-order valence-electron chi connectivity index (χ0n) is 9.85. The average Bonchev–Trinajstić information content (AvgIpc) is 2.36. The van der Waals surface area contributed by atoms with E-state index in [1.54, 1.807) is 12.1 Å². The summed E-state index contributed by atoms with van der Waals surface area (Å²) in [6, 6.07) is 8.29. The maximum Gasteiger partial charge on any atom is 0.335 e. The first-order valence-corrected chi connectivity index (χ1v) is 7.18. The van der Waals surface area contributed by atoms with Gasteiger partial charge in [-0.05, 0) is 69.7 Å². The molecule has 0 atom stereocenters. The van der Waals surface area contributed by atoms with Crippen LogP contribution in [0.1, 0.15) is 16.1 Å². The van der Waals surface area contributed by atoms with Gasteiger partial charge >= 0.3 is 5.97 Å². The fourth-order valence-electron chi connectivity index (χ4n) is 1.41. The van der Waals surface area contributed by atoms with E-state index >= 15 is 0 Å². The van der Waals surface area contributed by atoms with Gasteiger partial charge in [0.25, 0.3) is 0 Å². The molecule has 0 unspecified atom stereocenters. The van der Waals surface area contributed by atoms with Crippen LogP contribution in [0.4, 0.5) is 0 Å². The van der Waals surface area contributed by atoms with Gasteiger partial charge in [-0.1, -0.05) is 0 Å². The monoisotopic (exact) mass is 433 g/mol. The highest BCUT2D eigenvalue weighted by atomic mass is 127. The minimum absolute atomic E-state index is 0.184. The molecule has 0 radical (unpaired) electrons. The van der Waals surface area contributed by atoms with Gasteiger partial charge in [0.1, 0.15) is 5.75 Å². The Morgan fingerprint density at radius 1 is 1.37 bits per heavy atom. The number of aromatic carboxylic acids is 1. The van der Waals surface area contributed by atoms with E-state index < -0.39 is 5.97 Å². The number of hydrogen-bond donors (Lipinski definition) is 1. The van der Waals surface area contributed by atoms with E-state index in [4.69, 9.17) is 9.84 Å². The highest BCUT2D eigenvalue weighted by Crippen LogP contribution is 2.28. The Balaban J connectivity index is 2.34. The summed E-state index contributed by atoms with van der Waals surface area (Å²) in [5.74, 6) is -0.0722. The molecule has 1 N–H and O–H groups in total. The Kier molecular flexibility index (Phi) is 4.41. The van der Waals surface area contributed by atoms with E-state index in [-0.39, 0.29) is 5.56 Å². The number of rotatable bonds is 3. The molecule has 19 heavy (non-hydrogen) atoms. The number of benzene rings is 1. The highest BCUT2D eigenvalue weighted by molar-refractivity contribution is 14.1. The Morgan fingerprint density at radius 3 is 2.74 bits per heavy atom. The van der Waals surface area contributed by atoms with Crippen LogP contribution in [-0.4, -0.2) is 16.1 Å². The third-order valence-electron chi connectivity index (χ3n) is 2.39. The predicted octanol–water partition coefficient (Wildman–Crippen LogP) is 4.25. The summed E-state index contributed by atoms with van der Waals surface area (Å²) in [6.45, 7) is 1.86. The number of aryl methyl sites for hydroxylation is 1. The lowest BCUT2D eigenvalue weighted by molar-refractivity contribution is 0.0696. The number of halogens is 2. The topological polar surface area (TPSA) is 59.4 Å². The fraction of sp³-hybridized carbons (Fsp3) is 0.0769. The van der Waals surface area contributed by atoms with Crippen LogP contribution in [0.3, 0.4) is 0 Å². The maximum atomic E-state index is 10.9. The van der Waals surface area contributed by atoms with Crippen molar-refractivity contribution in [1.29, 1.82) is 0 Å². The number of aromatic nitrogens is 1. The lowest BCUT2D eigenvalue weighted by Gasteiger charge is -2.09. The van der Waals surface area contributed by atoms with Gasteiger partial charge in [-0.3, -0.25) is 0 Å². The van der Waals surface area contributed by atoms with Crippen LogP contribution in [0.2, 0.25) is 0 Å². The Morgan fingerprint density at radius 2 is 2.11 bits per heavy atom. The van der Waals surface area contributed by atoms with E-state index in [0.717, 1.165) is 13.7 Å². The summed E-state index contributed by atoms with van der Waals surface area (Å²) in [4.78, 5) is 15.2. The fourth-order valence-corrected chi connectivity index (χ4v) is 2.07. The maximum absolute atomic E-state index is 10.9. The normalized spacial score (nSPS) is 10.3. The zero-order chi connectivity index (χ0) is 14.0. The molecule has 2 aromatic rings. The van der Waals surface area contributed by atoms with E-state index in [1.807, 2.05) is 13.0 Å². The van der Waals surface area contributed by atoms with Gasteiger partial charge in [0, 0.05) is 10.5 Å². The molecule has 1 aromatic heterocycles. The summed E-state index contributed by atoms with van der Waals surface area (Å²) in [7, 11) is 0. The van der Waals surface area contributed by atoms with Crippen molar-refractivity contribution in [2.24, 2.45) is 0 Å². The lowest BCUT2D eigenvalue weighted by Crippen LogP contribution is -1.98. The lowest BCUT2D eigenvalue weighted by atomic mass is 10.2. The molecule has 98 valence electrons. The SMILES string of the molecule is Cc1nc(Oc2cc(C(=O)O)ccc2I)ccc1Br. The summed E-state index contributed by atoms with van der Waals surface area (Å²) in [6.07, 6.45) is 0. The molecule has 0 amide bonds. The summed E-state index contributed by atoms with van der Waals surface area (Å²) in [5.41, 5.74) is 0.992. The second-order valence-electron chi connectivity index (χ2n) is 3.77.